The summed E-state index contributed by atoms with van der Waals surface area (Å²) in [6.45, 7) is 3.76. The summed E-state index contributed by atoms with van der Waals surface area (Å²) < 4.78 is 9.91. The van der Waals surface area contributed by atoms with Gasteiger partial charge in [-0.05, 0) is 13.3 Å². The Morgan fingerprint density at radius 2 is 1.68 bits per heavy atom. The third-order valence-electron chi connectivity index (χ3n) is 2.59. The summed E-state index contributed by atoms with van der Waals surface area (Å²) in [4.78, 5) is 25.8. The molecule has 0 saturated heterocycles. The molecule has 0 aliphatic rings. The zero-order valence-electron chi connectivity index (χ0n) is 11.9. The molecule has 0 saturated carbocycles. The molecule has 0 unspecified atom stereocenters. The topological polar surface area (TPSA) is 79.3 Å². The van der Waals surface area contributed by atoms with Gasteiger partial charge in [0.2, 0.25) is 0 Å². The van der Waals surface area contributed by atoms with Crippen LogP contribution in [0, 0.1) is 0 Å². The van der Waals surface area contributed by atoms with Crippen LogP contribution in [0.25, 0.3) is 0 Å². The predicted molar refractivity (Wildman–Crippen MR) is 70.2 cm³/mol. The molecule has 0 spiro atoms. The van der Waals surface area contributed by atoms with Crippen LogP contribution in [-0.4, -0.2) is 80.5 Å². The first-order valence-corrected chi connectivity index (χ1v) is 6.30. The van der Waals surface area contributed by atoms with Crippen LogP contribution in [0.3, 0.4) is 0 Å². The second kappa shape index (κ2) is 10.6. The maximum atomic E-state index is 12.2. The van der Waals surface area contributed by atoms with Crippen molar-refractivity contribution in [2.24, 2.45) is 0 Å². The highest BCUT2D eigenvalue weighted by atomic mass is 16.5. The van der Waals surface area contributed by atoms with Crippen molar-refractivity contribution in [3.63, 3.8) is 0 Å². The minimum Gasteiger partial charge on any atom is -0.480 e. The number of ether oxygens (including phenoxy) is 2. The van der Waals surface area contributed by atoms with Gasteiger partial charge in [0.25, 0.3) is 0 Å². The van der Waals surface area contributed by atoms with Crippen LogP contribution in [0.4, 0.5) is 4.79 Å². The smallest absolute Gasteiger partial charge is 0.323 e. The molecule has 2 amide bonds. The Kier molecular flexibility index (Phi) is 9.82. The third kappa shape index (κ3) is 7.63. The van der Waals surface area contributed by atoms with Crippen molar-refractivity contribution in [1.82, 2.24) is 9.80 Å². The second-order valence-electron chi connectivity index (χ2n) is 4.02. The van der Waals surface area contributed by atoms with E-state index in [0.29, 0.717) is 39.3 Å². The van der Waals surface area contributed by atoms with Gasteiger partial charge in [0.1, 0.15) is 6.54 Å². The first kappa shape index (κ1) is 17.7. The van der Waals surface area contributed by atoms with Crippen molar-refractivity contribution in [3.8, 4) is 0 Å². The molecule has 0 radical (unpaired) electrons. The molecule has 112 valence electrons. The van der Waals surface area contributed by atoms with E-state index in [1.165, 1.54) is 4.90 Å². The average molecular weight is 276 g/mol. The summed E-state index contributed by atoms with van der Waals surface area (Å²) in [5, 5.41) is 8.78. The fraction of sp³-hybridized carbons (Fsp3) is 0.833. The average Bonchev–Trinajstić information content (AvgIpc) is 2.39. The van der Waals surface area contributed by atoms with E-state index in [4.69, 9.17) is 14.6 Å². The van der Waals surface area contributed by atoms with Crippen molar-refractivity contribution in [2.75, 3.05) is 53.6 Å². The van der Waals surface area contributed by atoms with Gasteiger partial charge in [-0.15, -0.1) is 0 Å². The monoisotopic (exact) mass is 276 g/mol. The van der Waals surface area contributed by atoms with E-state index in [1.807, 2.05) is 0 Å². The molecule has 0 rings (SSSR count). The van der Waals surface area contributed by atoms with E-state index in [1.54, 1.807) is 26.0 Å². The molecule has 7 heteroatoms. The van der Waals surface area contributed by atoms with E-state index in [2.05, 4.69) is 0 Å². The van der Waals surface area contributed by atoms with Crippen LogP contribution >= 0.6 is 0 Å². The number of carboxylic acid groups (broad SMARTS) is 1. The lowest BCUT2D eigenvalue weighted by molar-refractivity contribution is -0.137. The van der Waals surface area contributed by atoms with E-state index in [9.17, 15) is 9.59 Å². The summed E-state index contributed by atoms with van der Waals surface area (Å²) in [6.07, 6.45) is 0.705. The van der Waals surface area contributed by atoms with Gasteiger partial charge in [0, 0.05) is 40.5 Å². The number of carbonyl (C=O) groups is 2. The predicted octanol–water partition coefficient (Wildman–Crippen LogP) is 0.498. The summed E-state index contributed by atoms with van der Waals surface area (Å²) in [6, 6.07) is -0.280. The van der Waals surface area contributed by atoms with Crippen molar-refractivity contribution in [3.05, 3.63) is 0 Å². The number of rotatable bonds is 10. The zero-order valence-corrected chi connectivity index (χ0v) is 11.9. The first-order valence-electron chi connectivity index (χ1n) is 6.30. The fourth-order valence-electron chi connectivity index (χ4n) is 1.58. The lowest BCUT2D eigenvalue weighted by atomic mass is 10.4. The molecule has 0 aromatic carbocycles. The number of methoxy groups -OCH3 is 2. The highest BCUT2D eigenvalue weighted by Gasteiger charge is 2.21. The van der Waals surface area contributed by atoms with Crippen molar-refractivity contribution >= 4 is 12.0 Å². The lowest BCUT2D eigenvalue weighted by Gasteiger charge is -2.29. The van der Waals surface area contributed by atoms with Crippen LogP contribution < -0.4 is 0 Å². The maximum absolute atomic E-state index is 12.2. The van der Waals surface area contributed by atoms with Crippen molar-refractivity contribution in [2.45, 2.75) is 13.3 Å². The van der Waals surface area contributed by atoms with Gasteiger partial charge in [-0.1, -0.05) is 0 Å². The van der Waals surface area contributed by atoms with Gasteiger partial charge in [-0.2, -0.15) is 0 Å². The number of likely N-dealkylation sites (N-methyl/N-ethyl adjacent to an activating group) is 1. The minimum absolute atomic E-state index is 0.280. The molecular formula is C12H24N2O5. The van der Waals surface area contributed by atoms with Gasteiger partial charge in [-0.3, -0.25) is 4.79 Å². The Hall–Kier alpha value is -1.34. The van der Waals surface area contributed by atoms with Crippen molar-refractivity contribution < 1.29 is 24.2 Å². The molecule has 0 fully saturated rings. The van der Waals surface area contributed by atoms with Gasteiger partial charge < -0.3 is 24.4 Å². The largest absolute Gasteiger partial charge is 0.480 e. The molecule has 19 heavy (non-hydrogen) atoms. The lowest BCUT2D eigenvalue weighted by Crippen LogP contribution is -2.46. The summed E-state index contributed by atoms with van der Waals surface area (Å²) >= 11 is 0. The fourth-order valence-corrected chi connectivity index (χ4v) is 1.58. The van der Waals surface area contributed by atoms with E-state index < -0.39 is 5.97 Å². The molecular weight excluding hydrogens is 252 g/mol. The Labute approximate surface area is 114 Å². The molecule has 0 aliphatic carbocycles. The Balaban J connectivity index is 4.50. The summed E-state index contributed by atoms with van der Waals surface area (Å²) in [5.41, 5.74) is 0. The number of hydrogen-bond donors (Lipinski definition) is 1. The van der Waals surface area contributed by atoms with E-state index in [0.717, 1.165) is 0 Å². The Morgan fingerprint density at radius 1 is 1.05 bits per heavy atom. The van der Waals surface area contributed by atoms with E-state index in [-0.39, 0.29) is 12.6 Å². The van der Waals surface area contributed by atoms with Crippen LogP contribution in [0.2, 0.25) is 0 Å². The summed E-state index contributed by atoms with van der Waals surface area (Å²) in [7, 11) is 3.16. The maximum Gasteiger partial charge on any atom is 0.323 e. The Bertz CT molecular complexity index is 273. The highest BCUT2D eigenvalue weighted by molar-refractivity contribution is 5.80. The SMILES string of the molecule is CCN(CC(=O)O)C(=O)N(CCCOC)CCOC. The minimum atomic E-state index is -1.02. The number of carbonyl (C=O) groups excluding carboxylic acids is 1. The quantitative estimate of drug-likeness (QED) is 0.588. The molecule has 0 aromatic rings. The third-order valence-corrected chi connectivity index (χ3v) is 2.59. The van der Waals surface area contributed by atoms with Gasteiger partial charge in [0.15, 0.2) is 0 Å². The number of nitrogens with zero attached hydrogens (tertiary/aromatic N) is 2. The molecule has 0 heterocycles. The number of urea groups is 1. The van der Waals surface area contributed by atoms with E-state index >= 15 is 0 Å². The van der Waals surface area contributed by atoms with Crippen LogP contribution in [0.1, 0.15) is 13.3 Å². The second-order valence-corrected chi connectivity index (χ2v) is 4.02. The van der Waals surface area contributed by atoms with Crippen molar-refractivity contribution in [1.29, 1.82) is 0 Å². The van der Waals surface area contributed by atoms with Crippen LogP contribution in [0.5, 0.6) is 0 Å². The van der Waals surface area contributed by atoms with Crippen LogP contribution in [0.15, 0.2) is 0 Å². The molecule has 1 N–H and O–H groups in total. The number of carboxylic acids is 1. The van der Waals surface area contributed by atoms with Gasteiger partial charge in [-0.25, -0.2) is 4.79 Å². The van der Waals surface area contributed by atoms with Crippen LogP contribution in [-0.2, 0) is 14.3 Å². The Morgan fingerprint density at radius 3 is 2.16 bits per heavy atom. The zero-order chi connectivity index (χ0) is 14.7. The number of aliphatic carboxylic acids is 1. The molecule has 0 aromatic heterocycles. The number of hydrogen-bond acceptors (Lipinski definition) is 4. The number of amides is 2. The normalized spacial score (nSPS) is 10.3. The molecule has 0 atom stereocenters. The van der Waals surface area contributed by atoms with Gasteiger partial charge in [0.05, 0.1) is 6.61 Å². The summed E-state index contributed by atoms with van der Waals surface area (Å²) in [5.74, 6) is -1.02. The first-order chi connectivity index (χ1) is 9.06. The standard InChI is InChI=1S/C12H24N2O5/c1-4-13(10-11(15)16)12(17)14(7-9-19-3)6-5-8-18-2/h4-10H2,1-3H3,(H,15,16). The van der Waals surface area contributed by atoms with Gasteiger partial charge >= 0.3 is 12.0 Å². The highest BCUT2D eigenvalue weighted by Crippen LogP contribution is 2.01. The molecule has 0 bridgehead atoms. The molecule has 7 nitrogen and oxygen atoms in total. The molecule has 0 aliphatic heterocycles.